The lowest BCUT2D eigenvalue weighted by Gasteiger charge is -2.11. The molecule has 5 heteroatoms. The highest BCUT2D eigenvalue weighted by Gasteiger charge is 2.11. The fourth-order valence-corrected chi connectivity index (χ4v) is 2.66. The minimum Gasteiger partial charge on any atom is -0.469 e. The van der Waals surface area contributed by atoms with Gasteiger partial charge >= 0.3 is 5.97 Å². The molecule has 0 heterocycles. The quantitative estimate of drug-likeness (QED) is 0.812. The average molecular weight is 281 g/mol. The molecule has 1 unspecified atom stereocenters. The Morgan fingerprint density at radius 3 is 2.63 bits per heavy atom. The number of hydrogen-bond donors (Lipinski definition) is 1. The Bertz CT molecular complexity index is 474. The van der Waals surface area contributed by atoms with Crippen LogP contribution in [-0.2, 0) is 15.3 Å². The first kappa shape index (κ1) is 15.6. The molecule has 2 N–H and O–H groups in total. The fraction of sp³-hybridized carbons (Fsp3) is 0.429. The van der Waals surface area contributed by atoms with Crippen molar-refractivity contribution >= 4 is 23.6 Å². The molecule has 1 atom stereocenters. The van der Waals surface area contributed by atoms with Crippen molar-refractivity contribution in [2.45, 2.75) is 31.3 Å². The van der Waals surface area contributed by atoms with Gasteiger partial charge < -0.3 is 10.5 Å². The molecule has 0 radical (unpaired) electrons. The second kappa shape index (κ2) is 7.19. The van der Waals surface area contributed by atoms with Crippen LogP contribution in [-0.4, -0.2) is 24.2 Å². The van der Waals surface area contributed by atoms with Crippen LogP contribution >= 0.6 is 11.8 Å². The van der Waals surface area contributed by atoms with Crippen LogP contribution in [0.25, 0.3) is 0 Å². The van der Waals surface area contributed by atoms with Crippen LogP contribution in [0.5, 0.6) is 0 Å². The normalized spacial score (nSPS) is 11.9. The summed E-state index contributed by atoms with van der Waals surface area (Å²) in [5.41, 5.74) is 7.93. The third-order valence-electron chi connectivity index (χ3n) is 2.83. The molecule has 0 aliphatic carbocycles. The van der Waals surface area contributed by atoms with Crippen molar-refractivity contribution in [3.05, 3.63) is 34.9 Å². The SMILES string of the molecule is COC(=O)CC(C)SCc1ccc(C(N)=O)cc1C. The minimum atomic E-state index is -0.415. The number of esters is 1. The van der Waals surface area contributed by atoms with Crippen molar-refractivity contribution < 1.29 is 14.3 Å². The molecular weight excluding hydrogens is 262 g/mol. The van der Waals surface area contributed by atoms with Crippen LogP contribution < -0.4 is 5.73 Å². The number of thioether (sulfide) groups is 1. The molecule has 0 bridgehead atoms. The van der Waals surface area contributed by atoms with Gasteiger partial charge in [0.1, 0.15) is 0 Å². The predicted molar refractivity (Wildman–Crippen MR) is 77.1 cm³/mol. The van der Waals surface area contributed by atoms with Crippen molar-refractivity contribution in [1.29, 1.82) is 0 Å². The van der Waals surface area contributed by atoms with E-state index in [2.05, 4.69) is 4.74 Å². The third-order valence-corrected chi connectivity index (χ3v) is 4.05. The lowest BCUT2D eigenvalue weighted by Crippen LogP contribution is -2.11. The Kier molecular flexibility index (Phi) is 5.89. The molecule has 104 valence electrons. The Balaban J connectivity index is 2.58. The van der Waals surface area contributed by atoms with Crippen molar-refractivity contribution in [2.75, 3.05) is 7.11 Å². The molecule has 0 aliphatic heterocycles. The molecule has 0 aromatic heterocycles. The van der Waals surface area contributed by atoms with E-state index in [1.54, 1.807) is 23.9 Å². The number of methoxy groups -OCH3 is 1. The number of carbonyl (C=O) groups is 2. The van der Waals surface area contributed by atoms with Crippen molar-refractivity contribution in [2.24, 2.45) is 5.73 Å². The van der Waals surface area contributed by atoms with Gasteiger partial charge in [0.25, 0.3) is 0 Å². The van der Waals surface area contributed by atoms with Gasteiger partial charge in [-0.2, -0.15) is 11.8 Å². The molecule has 0 saturated carbocycles. The van der Waals surface area contributed by atoms with E-state index in [0.29, 0.717) is 12.0 Å². The maximum absolute atomic E-state index is 11.1. The molecule has 4 nitrogen and oxygen atoms in total. The third kappa shape index (κ3) is 4.95. The van der Waals surface area contributed by atoms with Crippen molar-refractivity contribution in [3.63, 3.8) is 0 Å². The van der Waals surface area contributed by atoms with E-state index in [1.807, 2.05) is 19.9 Å². The van der Waals surface area contributed by atoms with Gasteiger partial charge in [0.2, 0.25) is 5.91 Å². The van der Waals surface area contributed by atoms with E-state index in [9.17, 15) is 9.59 Å². The molecule has 0 spiro atoms. The molecule has 0 aliphatic rings. The maximum atomic E-state index is 11.1. The molecule has 1 rings (SSSR count). The second-order valence-corrected chi connectivity index (χ2v) is 5.83. The van der Waals surface area contributed by atoms with E-state index < -0.39 is 5.91 Å². The molecule has 0 fully saturated rings. The van der Waals surface area contributed by atoms with E-state index in [-0.39, 0.29) is 11.2 Å². The van der Waals surface area contributed by atoms with Crippen molar-refractivity contribution in [3.8, 4) is 0 Å². The second-order valence-electron chi connectivity index (χ2n) is 4.41. The van der Waals surface area contributed by atoms with Gasteiger partial charge in [0.05, 0.1) is 13.5 Å². The summed E-state index contributed by atoms with van der Waals surface area (Å²) in [5, 5.41) is 0.197. The molecule has 1 aromatic rings. The van der Waals surface area contributed by atoms with Crippen LogP contribution in [0.4, 0.5) is 0 Å². The lowest BCUT2D eigenvalue weighted by atomic mass is 10.1. The predicted octanol–water partition coefficient (Wildman–Crippen LogP) is 2.28. The van der Waals surface area contributed by atoms with E-state index in [0.717, 1.165) is 16.9 Å². The summed E-state index contributed by atoms with van der Waals surface area (Å²) in [7, 11) is 1.40. The van der Waals surface area contributed by atoms with Gasteiger partial charge in [-0.1, -0.05) is 13.0 Å². The number of nitrogens with two attached hydrogens (primary N) is 1. The summed E-state index contributed by atoms with van der Waals surface area (Å²) in [4.78, 5) is 22.2. The molecule has 19 heavy (non-hydrogen) atoms. The highest BCUT2D eigenvalue weighted by molar-refractivity contribution is 7.99. The topological polar surface area (TPSA) is 69.4 Å². The summed E-state index contributed by atoms with van der Waals surface area (Å²) in [5.74, 6) is 0.186. The average Bonchev–Trinajstić information content (AvgIpc) is 2.36. The lowest BCUT2D eigenvalue weighted by molar-refractivity contribution is -0.140. The number of benzene rings is 1. The Hall–Kier alpha value is -1.49. The first-order chi connectivity index (χ1) is 8.93. The van der Waals surface area contributed by atoms with Gasteiger partial charge in [-0.05, 0) is 30.2 Å². The first-order valence-electron chi connectivity index (χ1n) is 6.01. The molecular formula is C14H19NO3S. The van der Waals surface area contributed by atoms with E-state index in [4.69, 9.17) is 5.73 Å². The van der Waals surface area contributed by atoms with Crippen molar-refractivity contribution in [1.82, 2.24) is 0 Å². The summed E-state index contributed by atoms with van der Waals surface area (Å²) < 4.78 is 4.64. The minimum absolute atomic E-state index is 0.194. The Morgan fingerprint density at radius 1 is 1.42 bits per heavy atom. The zero-order valence-corrected chi connectivity index (χ0v) is 12.3. The zero-order valence-electron chi connectivity index (χ0n) is 11.4. The number of hydrogen-bond acceptors (Lipinski definition) is 4. The van der Waals surface area contributed by atoms with Crippen LogP contribution in [0, 0.1) is 6.92 Å². The van der Waals surface area contributed by atoms with Gasteiger partial charge in [0.15, 0.2) is 0 Å². The molecule has 1 amide bonds. The summed E-state index contributed by atoms with van der Waals surface area (Å²) in [6.07, 6.45) is 0.402. The standard InChI is InChI=1S/C14H19NO3S/c1-9-6-11(14(15)17)4-5-12(9)8-19-10(2)7-13(16)18-3/h4-6,10H,7-8H2,1-3H3,(H2,15,17). The number of rotatable bonds is 6. The van der Waals surface area contributed by atoms with Gasteiger partial charge in [0, 0.05) is 16.6 Å². The number of carbonyl (C=O) groups excluding carboxylic acids is 2. The number of aryl methyl sites for hydroxylation is 1. The molecule has 0 saturated heterocycles. The van der Waals surface area contributed by atoms with Gasteiger partial charge in [-0.3, -0.25) is 9.59 Å². The summed E-state index contributed by atoms with van der Waals surface area (Å²) in [6.45, 7) is 3.95. The van der Waals surface area contributed by atoms with Crippen LogP contribution in [0.1, 0.15) is 34.8 Å². The van der Waals surface area contributed by atoms with Crippen LogP contribution in [0.3, 0.4) is 0 Å². The Labute approximate surface area is 117 Å². The van der Waals surface area contributed by atoms with E-state index in [1.165, 1.54) is 7.11 Å². The highest BCUT2D eigenvalue weighted by Crippen LogP contribution is 2.23. The fourth-order valence-electron chi connectivity index (χ4n) is 1.62. The largest absolute Gasteiger partial charge is 0.469 e. The zero-order chi connectivity index (χ0) is 14.4. The van der Waals surface area contributed by atoms with Crippen LogP contribution in [0.15, 0.2) is 18.2 Å². The first-order valence-corrected chi connectivity index (χ1v) is 7.06. The van der Waals surface area contributed by atoms with E-state index >= 15 is 0 Å². The van der Waals surface area contributed by atoms with Gasteiger partial charge in [-0.15, -0.1) is 0 Å². The summed E-state index contributed by atoms with van der Waals surface area (Å²) >= 11 is 1.68. The smallest absolute Gasteiger partial charge is 0.306 e. The number of primary amides is 1. The van der Waals surface area contributed by atoms with Crippen LogP contribution in [0.2, 0.25) is 0 Å². The van der Waals surface area contributed by atoms with Gasteiger partial charge in [-0.25, -0.2) is 0 Å². The maximum Gasteiger partial charge on any atom is 0.306 e. The summed E-state index contributed by atoms with van der Waals surface area (Å²) in [6, 6.07) is 5.44. The Morgan fingerprint density at radius 2 is 2.11 bits per heavy atom. The highest BCUT2D eigenvalue weighted by atomic mass is 32.2. The molecule has 1 aromatic carbocycles. The monoisotopic (exact) mass is 281 g/mol. The number of ether oxygens (including phenoxy) is 1. The number of amides is 1.